The lowest BCUT2D eigenvalue weighted by Gasteiger charge is -2.13. The molecule has 0 saturated heterocycles. The van der Waals surface area contributed by atoms with Gasteiger partial charge < -0.3 is 15.1 Å². The Hall–Kier alpha value is -2.93. The molecular formula is C16H19N5O2. The van der Waals surface area contributed by atoms with Crippen LogP contribution in [0, 0.1) is 0 Å². The SMILES string of the molecule is O=C(O)C(Cc1cnc[nH]1)NCc1ccccc1.c1c[nH]cn1. The number of H-pyrrole nitrogens is 2. The van der Waals surface area contributed by atoms with Crippen molar-refractivity contribution < 1.29 is 9.90 Å². The molecule has 1 atom stereocenters. The summed E-state index contributed by atoms with van der Waals surface area (Å²) in [7, 11) is 0. The summed E-state index contributed by atoms with van der Waals surface area (Å²) in [6.07, 6.45) is 8.66. The molecule has 2 aromatic heterocycles. The number of benzene rings is 1. The molecule has 1 unspecified atom stereocenters. The minimum Gasteiger partial charge on any atom is -0.480 e. The van der Waals surface area contributed by atoms with Crippen LogP contribution in [-0.2, 0) is 17.8 Å². The molecule has 0 aliphatic heterocycles. The van der Waals surface area contributed by atoms with Crippen LogP contribution in [0.2, 0.25) is 0 Å². The van der Waals surface area contributed by atoms with Gasteiger partial charge in [-0.05, 0) is 5.56 Å². The predicted molar refractivity (Wildman–Crippen MR) is 85.6 cm³/mol. The molecule has 0 aliphatic rings. The van der Waals surface area contributed by atoms with E-state index < -0.39 is 12.0 Å². The molecule has 3 aromatic rings. The topological polar surface area (TPSA) is 107 Å². The van der Waals surface area contributed by atoms with Crippen LogP contribution in [0.1, 0.15) is 11.3 Å². The first kappa shape index (κ1) is 16.4. The van der Waals surface area contributed by atoms with E-state index in [9.17, 15) is 4.79 Å². The van der Waals surface area contributed by atoms with Crippen molar-refractivity contribution in [1.29, 1.82) is 0 Å². The summed E-state index contributed by atoms with van der Waals surface area (Å²) in [5.74, 6) is -0.861. The van der Waals surface area contributed by atoms with Crippen molar-refractivity contribution in [2.45, 2.75) is 19.0 Å². The minimum atomic E-state index is -0.861. The fraction of sp³-hybridized carbons (Fsp3) is 0.188. The van der Waals surface area contributed by atoms with Gasteiger partial charge in [-0.25, -0.2) is 9.97 Å². The number of rotatable bonds is 6. The number of carboxylic acid groups (broad SMARTS) is 1. The second-order valence-electron chi connectivity index (χ2n) is 4.80. The lowest BCUT2D eigenvalue weighted by Crippen LogP contribution is -2.38. The smallest absolute Gasteiger partial charge is 0.321 e. The van der Waals surface area contributed by atoms with E-state index in [4.69, 9.17) is 5.11 Å². The van der Waals surface area contributed by atoms with Gasteiger partial charge >= 0.3 is 5.97 Å². The van der Waals surface area contributed by atoms with Crippen LogP contribution < -0.4 is 5.32 Å². The van der Waals surface area contributed by atoms with E-state index in [-0.39, 0.29) is 0 Å². The molecule has 7 nitrogen and oxygen atoms in total. The number of hydrogen-bond donors (Lipinski definition) is 4. The second-order valence-corrected chi connectivity index (χ2v) is 4.80. The Morgan fingerprint density at radius 3 is 2.57 bits per heavy atom. The Balaban J connectivity index is 0.000000326. The first-order valence-corrected chi connectivity index (χ1v) is 7.16. The van der Waals surface area contributed by atoms with Crippen LogP contribution in [0.5, 0.6) is 0 Å². The van der Waals surface area contributed by atoms with Crippen molar-refractivity contribution in [1.82, 2.24) is 25.3 Å². The van der Waals surface area contributed by atoms with E-state index in [0.717, 1.165) is 11.3 Å². The van der Waals surface area contributed by atoms with Gasteiger partial charge in [-0.2, -0.15) is 0 Å². The van der Waals surface area contributed by atoms with Crippen LogP contribution in [-0.4, -0.2) is 37.1 Å². The molecule has 23 heavy (non-hydrogen) atoms. The van der Waals surface area contributed by atoms with E-state index in [1.54, 1.807) is 31.2 Å². The summed E-state index contributed by atoms with van der Waals surface area (Å²) >= 11 is 0. The largest absolute Gasteiger partial charge is 0.480 e. The number of aliphatic carboxylic acids is 1. The van der Waals surface area contributed by atoms with E-state index in [0.29, 0.717) is 13.0 Å². The number of aromatic amines is 2. The van der Waals surface area contributed by atoms with Gasteiger partial charge in [0.15, 0.2) is 0 Å². The molecule has 120 valence electrons. The van der Waals surface area contributed by atoms with Gasteiger partial charge in [0, 0.05) is 37.3 Å². The summed E-state index contributed by atoms with van der Waals surface area (Å²) in [4.78, 5) is 24.3. The highest BCUT2D eigenvalue weighted by molar-refractivity contribution is 5.73. The third kappa shape index (κ3) is 6.15. The Labute approximate surface area is 133 Å². The summed E-state index contributed by atoms with van der Waals surface area (Å²) < 4.78 is 0. The molecule has 0 amide bonds. The van der Waals surface area contributed by atoms with Crippen LogP contribution in [0.4, 0.5) is 0 Å². The van der Waals surface area contributed by atoms with Gasteiger partial charge in [-0.1, -0.05) is 30.3 Å². The van der Waals surface area contributed by atoms with E-state index in [1.807, 2.05) is 30.3 Å². The molecule has 1 aromatic carbocycles. The third-order valence-electron chi connectivity index (χ3n) is 3.08. The Morgan fingerprint density at radius 2 is 2.04 bits per heavy atom. The van der Waals surface area contributed by atoms with E-state index >= 15 is 0 Å². The van der Waals surface area contributed by atoms with Crippen molar-refractivity contribution in [3.8, 4) is 0 Å². The number of hydrogen-bond acceptors (Lipinski definition) is 4. The molecule has 0 spiro atoms. The van der Waals surface area contributed by atoms with Crippen LogP contribution in [0.25, 0.3) is 0 Å². The van der Waals surface area contributed by atoms with Gasteiger partial charge in [0.2, 0.25) is 0 Å². The van der Waals surface area contributed by atoms with Crippen molar-refractivity contribution >= 4 is 5.97 Å². The minimum absolute atomic E-state index is 0.391. The lowest BCUT2D eigenvalue weighted by atomic mass is 10.1. The molecule has 0 aliphatic carbocycles. The number of nitrogens with one attached hydrogen (secondary N) is 3. The highest BCUT2D eigenvalue weighted by Crippen LogP contribution is 2.02. The number of imidazole rings is 2. The summed E-state index contributed by atoms with van der Waals surface area (Å²) in [6.45, 7) is 0.534. The van der Waals surface area contributed by atoms with Gasteiger partial charge in [-0.3, -0.25) is 10.1 Å². The Morgan fingerprint density at radius 1 is 1.22 bits per heavy atom. The maximum atomic E-state index is 11.2. The molecule has 0 saturated carbocycles. The zero-order valence-corrected chi connectivity index (χ0v) is 12.5. The molecule has 2 heterocycles. The summed E-state index contributed by atoms with van der Waals surface area (Å²) in [5.41, 5.74) is 1.87. The Bertz CT molecular complexity index is 636. The molecule has 0 bridgehead atoms. The van der Waals surface area contributed by atoms with Gasteiger partial charge in [-0.15, -0.1) is 0 Å². The fourth-order valence-electron chi connectivity index (χ4n) is 1.92. The summed E-state index contributed by atoms with van der Waals surface area (Å²) in [5, 5.41) is 12.2. The quantitative estimate of drug-likeness (QED) is 0.553. The highest BCUT2D eigenvalue weighted by Gasteiger charge is 2.17. The fourth-order valence-corrected chi connectivity index (χ4v) is 1.92. The van der Waals surface area contributed by atoms with Gasteiger partial charge in [0.25, 0.3) is 0 Å². The zero-order chi connectivity index (χ0) is 16.3. The molecule has 3 rings (SSSR count). The third-order valence-corrected chi connectivity index (χ3v) is 3.08. The number of carboxylic acids is 1. The lowest BCUT2D eigenvalue weighted by molar-refractivity contribution is -0.139. The average molecular weight is 313 g/mol. The monoisotopic (exact) mass is 313 g/mol. The highest BCUT2D eigenvalue weighted by atomic mass is 16.4. The molecule has 7 heteroatoms. The molecular weight excluding hydrogens is 294 g/mol. The van der Waals surface area contributed by atoms with Crippen molar-refractivity contribution in [3.63, 3.8) is 0 Å². The van der Waals surface area contributed by atoms with Gasteiger partial charge in [0.1, 0.15) is 6.04 Å². The Kier molecular flexibility index (Phi) is 6.55. The normalized spacial score (nSPS) is 11.3. The maximum Gasteiger partial charge on any atom is 0.321 e. The number of aromatic nitrogens is 4. The maximum absolute atomic E-state index is 11.2. The number of carbonyl (C=O) groups is 1. The standard InChI is InChI=1S/C13H15N3O2.C3H4N2/c17-13(18)12(6-11-8-14-9-16-11)15-7-10-4-2-1-3-5-10;1-2-5-3-4-1/h1-5,8-9,12,15H,6-7H2,(H,14,16)(H,17,18);1-3H,(H,4,5). The van der Waals surface area contributed by atoms with E-state index in [1.165, 1.54) is 0 Å². The van der Waals surface area contributed by atoms with Crippen LogP contribution in [0.15, 0.2) is 61.6 Å². The average Bonchev–Trinajstić information content (AvgIpc) is 3.28. The molecule has 0 radical (unpaired) electrons. The summed E-state index contributed by atoms with van der Waals surface area (Å²) in [6, 6.07) is 9.10. The van der Waals surface area contributed by atoms with Crippen LogP contribution in [0.3, 0.4) is 0 Å². The van der Waals surface area contributed by atoms with E-state index in [2.05, 4.69) is 25.3 Å². The molecule has 4 N–H and O–H groups in total. The first-order chi connectivity index (χ1) is 11.3. The van der Waals surface area contributed by atoms with Crippen LogP contribution >= 0.6 is 0 Å². The zero-order valence-electron chi connectivity index (χ0n) is 12.5. The predicted octanol–water partition coefficient (Wildman–Crippen LogP) is 1.60. The first-order valence-electron chi connectivity index (χ1n) is 7.16. The second kappa shape index (κ2) is 9.16. The van der Waals surface area contributed by atoms with Gasteiger partial charge in [0.05, 0.1) is 12.7 Å². The van der Waals surface area contributed by atoms with Crippen molar-refractivity contribution in [3.05, 3.63) is 72.8 Å². The van der Waals surface area contributed by atoms with Crippen molar-refractivity contribution in [2.24, 2.45) is 0 Å². The van der Waals surface area contributed by atoms with Crippen molar-refractivity contribution in [2.75, 3.05) is 0 Å². The number of nitrogens with zero attached hydrogens (tertiary/aromatic N) is 2. The molecule has 0 fully saturated rings.